The third kappa shape index (κ3) is 49.0. The number of phosphoric ester groups is 1. The number of hydrogen-bond acceptors (Lipinski definition) is 8. The zero-order valence-corrected chi connectivity index (χ0v) is 41.4. The van der Waals surface area contributed by atoms with Crippen molar-refractivity contribution in [1.82, 2.24) is 0 Å². The number of nitrogens with two attached hydrogens (primary N) is 1. The van der Waals surface area contributed by atoms with Crippen molar-refractivity contribution < 1.29 is 37.6 Å². The number of allylic oxidation sites excluding steroid dienone is 10. The Morgan fingerprint density at radius 1 is 0.492 bits per heavy atom. The number of phosphoric acid groups is 1. The molecule has 2 atom stereocenters. The van der Waals surface area contributed by atoms with E-state index in [1.807, 2.05) is 0 Å². The number of hydrogen-bond donors (Lipinski definition) is 2. The molecule has 0 aliphatic carbocycles. The number of carbonyl (C=O) groups is 2. The lowest BCUT2D eigenvalue weighted by molar-refractivity contribution is -0.161. The molecular weight excluding hydrogens is 810 g/mol. The largest absolute Gasteiger partial charge is 0.472 e. The predicted molar refractivity (Wildman–Crippen MR) is 266 cm³/mol. The number of esters is 2. The lowest BCUT2D eigenvalue weighted by Gasteiger charge is -2.19. The maximum atomic E-state index is 12.6. The van der Waals surface area contributed by atoms with E-state index in [4.69, 9.17) is 24.3 Å². The van der Waals surface area contributed by atoms with Crippen molar-refractivity contribution >= 4 is 19.8 Å². The second-order valence-electron chi connectivity index (χ2n) is 17.0. The molecule has 3 N–H and O–H groups in total. The average Bonchev–Trinajstić information content (AvgIpc) is 3.27. The van der Waals surface area contributed by atoms with Gasteiger partial charge in [-0.1, -0.05) is 203 Å². The van der Waals surface area contributed by atoms with Crippen molar-refractivity contribution in [1.29, 1.82) is 0 Å². The van der Waals surface area contributed by atoms with Crippen LogP contribution >= 0.6 is 7.82 Å². The summed E-state index contributed by atoms with van der Waals surface area (Å²) in [5.41, 5.74) is 5.36. The van der Waals surface area contributed by atoms with Gasteiger partial charge in [0, 0.05) is 19.4 Å². The summed E-state index contributed by atoms with van der Waals surface area (Å²) in [7, 11) is -4.38. The Morgan fingerprint density at radius 2 is 0.873 bits per heavy atom. The molecule has 9 nitrogen and oxygen atoms in total. The fourth-order valence-corrected chi connectivity index (χ4v) is 7.86. The van der Waals surface area contributed by atoms with Crippen molar-refractivity contribution in [2.24, 2.45) is 5.73 Å². The summed E-state index contributed by atoms with van der Waals surface area (Å²) in [6.07, 6.45) is 59.8. The van der Waals surface area contributed by atoms with E-state index in [2.05, 4.69) is 74.6 Å². The van der Waals surface area contributed by atoms with Gasteiger partial charge in [0.2, 0.25) is 0 Å². The van der Waals surface area contributed by atoms with E-state index in [0.29, 0.717) is 6.42 Å². The third-order valence-corrected chi connectivity index (χ3v) is 11.9. The monoisotopic (exact) mass is 906 g/mol. The average molecular weight is 906 g/mol. The van der Waals surface area contributed by atoms with Crippen LogP contribution in [0.15, 0.2) is 60.8 Å². The van der Waals surface area contributed by atoms with E-state index in [1.54, 1.807) is 0 Å². The lowest BCUT2D eigenvalue weighted by atomic mass is 10.0. The van der Waals surface area contributed by atoms with Gasteiger partial charge >= 0.3 is 19.8 Å². The van der Waals surface area contributed by atoms with Crippen molar-refractivity contribution in [3.63, 3.8) is 0 Å². The first-order valence-electron chi connectivity index (χ1n) is 25.8. The number of rotatable bonds is 48. The molecule has 10 heteroatoms. The van der Waals surface area contributed by atoms with Crippen molar-refractivity contribution in [3.05, 3.63) is 60.8 Å². The first-order chi connectivity index (χ1) is 30.8. The molecule has 0 aliphatic heterocycles. The molecule has 0 bridgehead atoms. The van der Waals surface area contributed by atoms with Crippen LogP contribution in [0, 0.1) is 0 Å². The van der Waals surface area contributed by atoms with Gasteiger partial charge in [0.05, 0.1) is 13.2 Å². The van der Waals surface area contributed by atoms with Crippen LogP contribution in [0.5, 0.6) is 0 Å². The summed E-state index contributed by atoms with van der Waals surface area (Å²) < 4.78 is 32.9. The summed E-state index contributed by atoms with van der Waals surface area (Å²) >= 11 is 0. The Hall–Kier alpha value is -2.29. The zero-order valence-electron chi connectivity index (χ0n) is 40.6. The van der Waals surface area contributed by atoms with E-state index in [-0.39, 0.29) is 38.6 Å². The Balaban J connectivity index is 3.94. The molecule has 0 radical (unpaired) electrons. The van der Waals surface area contributed by atoms with Gasteiger partial charge in [0.15, 0.2) is 6.10 Å². The van der Waals surface area contributed by atoms with Crippen LogP contribution in [0.4, 0.5) is 0 Å². The first kappa shape index (κ1) is 60.7. The second-order valence-corrected chi connectivity index (χ2v) is 18.5. The SMILES string of the molecule is CC/C=C\C/C=C\C/C=C\C/C=C\CCCCCCCCCCCCCCCCCCC(=O)OC(COC(=O)CCCCCCC/C=C\CCCCCC)COP(=O)(O)OCCN. The van der Waals surface area contributed by atoms with Crippen molar-refractivity contribution in [2.75, 3.05) is 26.4 Å². The second kappa shape index (κ2) is 49.2. The van der Waals surface area contributed by atoms with E-state index < -0.39 is 26.5 Å². The summed E-state index contributed by atoms with van der Waals surface area (Å²) in [5.74, 6) is -0.834. The molecule has 0 aliphatic rings. The van der Waals surface area contributed by atoms with E-state index in [9.17, 15) is 19.0 Å². The standard InChI is InChI=1S/C53H96NO8P/c1-3-5-7-9-11-13-15-17-18-19-20-21-22-23-24-25-26-27-28-29-30-31-32-34-36-38-40-42-44-46-53(56)62-51(50-61-63(57,58)60-48-47-54)49-59-52(55)45-43-41-39-37-35-33-16-14-12-10-8-6-4-2/h5,7,11,13-14,16-18,20-21,51H,3-4,6,8-10,12,15,19,22-50,54H2,1-2H3,(H,57,58)/b7-5-,13-11-,16-14-,18-17-,21-20-. The molecule has 0 spiro atoms. The van der Waals surface area contributed by atoms with E-state index in [0.717, 1.165) is 83.5 Å². The normalized spacial score (nSPS) is 13.7. The summed E-state index contributed by atoms with van der Waals surface area (Å²) in [4.78, 5) is 35.0. The predicted octanol–water partition coefficient (Wildman–Crippen LogP) is 15.6. The summed E-state index contributed by atoms with van der Waals surface area (Å²) in [5, 5.41) is 0. The van der Waals surface area contributed by atoms with Crippen LogP contribution in [-0.2, 0) is 32.7 Å². The topological polar surface area (TPSA) is 134 Å². The molecule has 0 heterocycles. The number of ether oxygens (including phenoxy) is 2. The Morgan fingerprint density at radius 3 is 1.32 bits per heavy atom. The van der Waals surface area contributed by atoms with Crippen LogP contribution in [0.25, 0.3) is 0 Å². The highest BCUT2D eigenvalue weighted by molar-refractivity contribution is 7.47. The van der Waals surface area contributed by atoms with Crippen LogP contribution in [0.2, 0.25) is 0 Å². The Labute approximate surface area is 387 Å². The molecule has 0 amide bonds. The minimum atomic E-state index is -4.38. The number of carbonyl (C=O) groups excluding carboxylic acids is 2. The highest BCUT2D eigenvalue weighted by Gasteiger charge is 2.26. The first-order valence-corrected chi connectivity index (χ1v) is 27.3. The Kier molecular flexibility index (Phi) is 47.4. The van der Waals surface area contributed by atoms with Crippen molar-refractivity contribution in [2.45, 2.75) is 238 Å². The quantitative estimate of drug-likeness (QED) is 0.0265. The molecule has 0 saturated heterocycles. The number of unbranched alkanes of at least 4 members (excludes halogenated alkanes) is 25. The molecular formula is C53H96NO8P. The van der Waals surface area contributed by atoms with Gasteiger partial charge in [-0.25, -0.2) is 4.57 Å². The van der Waals surface area contributed by atoms with Crippen LogP contribution in [-0.4, -0.2) is 49.3 Å². The maximum absolute atomic E-state index is 12.6. The summed E-state index contributed by atoms with van der Waals surface area (Å²) in [6.45, 7) is 3.61. The smallest absolute Gasteiger partial charge is 0.462 e. The lowest BCUT2D eigenvalue weighted by Crippen LogP contribution is -2.29. The minimum Gasteiger partial charge on any atom is -0.462 e. The summed E-state index contributed by atoms with van der Waals surface area (Å²) in [6, 6.07) is 0. The zero-order chi connectivity index (χ0) is 46.0. The molecule has 0 fully saturated rings. The molecule has 0 aromatic rings. The van der Waals surface area contributed by atoms with Crippen LogP contribution < -0.4 is 5.73 Å². The maximum Gasteiger partial charge on any atom is 0.472 e. The molecule has 0 rings (SSSR count). The molecule has 2 unspecified atom stereocenters. The van der Waals surface area contributed by atoms with Gasteiger partial charge in [0.1, 0.15) is 6.61 Å². The molecule has 0 aromatic heterocycles. The molecule has 0 aromatic carbocycles. The molecule has 0 saturated carbocycles. The van der Waals surface area contributed by atoms with Gasteiger partial charge in [-0.15, -0.1) is 0 Å². The van der Waals surface area contributed by atoms with Crippen LogP contribution in [0.3, 0.4) is 0 Å². The van der Waals surface area contributed by atoms with Gasteiger partial charge in [0.25, 0.3) is 0 Å². The highest BCUT2D eigenvalue weighted by atomic mass is 31.2. The fourth-order valence-electron chi connectivity index (χ4n) is 7.09. The molecule has 63 heavy (non-hydrogen) atoms. The molecule has 366 valence electrons. The van der Waals surface area contributed by atoms with E-state index >= 15 is 0 Å². The van der Waals surface area contributed by atoms with Gasteiger partial charge in [-0.05, 0) is 77.0 Å². The van der Waals surface area contributed by atoms with E-state index in [1.165, 1.54) is 116 Å². The Bertz CT molecular complexity index is 1220. The minimum absolute atomic E-state index is 0.0516. The van der Waals surface area contributed by atoms with Gasteiger partial charge < -0.3 is 20.1 Å². The van der Waals surface area contributed by atoms with Crippen LogP contribution in [0.1, 0.15) is 232 Å². The van der Waals surface area contributed by atoms with Gasteiger partial charge in [-0.3, -0.25) is 18.6 Å². The fraction of sp³-hybridized carbons (Fsp3) is 0.774. The highest BCUT2D eigenvalue weighted by Crippen LogP contribution is 2.43. The van der Waals surface area contributed by atoms with Gasteiger partial charge in [-0.2, -0.15) is 0 Å². The van der Waals surface area contributed by atoms with Crippen molar-refractivity contribution in [3.8, 4) is 0 Å². The third-order valence-electron chi connectivity index (χ3n) is 10.9.